The lowest BCUT2D eigenvalue weighted by molar-refractivity contribution is 0.0947. The number of carbonyl (C=O) groups is 1. The zero-order valence-corrected chi connectivity index (χ0v) is 15.5. The van der Waals surface area contributed by atoms with Gasteiger partial charge in [0.05, 0.1) is 12.8 Å². The van der Waals surface area contributed by atoms with Gasteiger partial charge < -0.3 is 15.4 Å². The van der Waals surface area contributed by atoms with Gasteiger partial charge in [0.15, 0.2) is 0 Å². The van der Waals surface area contributed by atoms with Crippen LogP contribution in [0.2, 0.25) is 0 Å². The Bertz CT molecular complexity index is 744. The summed E-state index contributed by atoms with van der Waals surface area (Å²) >= 11 is 0. The number of methoxy groups -OCH3 is 1. The van der Waals surface area contributed by atoms with Gasteiger partial charge in [0, 0.05) is 12.2 Å². The summed E-state index contributed by atoms with van der Waals surface area (Å²) in [6.07, 6.45) is 0.932. The summed E-state index contributed by atoms with van der Waals surface area (Å²) in [4.78, 5) is 21.0. The molecule has 6 heteroatoms. The molecular weight excluding hydrogens is 316 g/mol. The number of nitrogens with one attached hydrogen (secondary N) is 2. The van der Waals surface area contributed by atoms with Gasteiger partial charge in [0.2, 0.25) is 5.95 Å². The smallest absolute Gasteiger partial charge is 0.270 e. The minimum Gasteiger partial charge on any atom is -0.495 e. The van der Waals surface area contributed by atoms with E-state index < -0.39 is 0 Å². The first-order valence-corrected chi connectivity index (χ1v) is 8.44. The lowest BCUT2D eigenvalue weighted by Crippen LogP contribution is -2.26. The van der Waals surface area contributed by atoms with Gasteiger partial charge in [-0.05, 0) is 49.9 Å². The zero-order valence-electron chi connectivity index (χ0n) is 15.5. The predicted octanol–water partition coefficient (Wildman–Crippen LogP) is 3.62. The van der Waals surface area contributed by atoms with Crippen LogP contribution in [0.1, 0.15) is 42.0 Å². The summed E-state index contributed by atoms with van der Waals surface area (Å²) in [6.45, 7) is 8.71. The molecule has 0 aliphatic carbocycles. The first kappa shape index (κ1) is 18.7. The van der Waals surface area contributed by atoms with Crippen LogP contribution in [0, 0.1) is 19.8 Å². The molecule has 2 N–H and O–H groups in total. The number of benzene rings is 1. The Hall–Kier alpha value is -2.63. The van der Waals surface area contributed by atoms with E-state index in [1.54, 1.807) is 13.2 Å². The molecule has 0 unspecified atom stereocenters. The zero-order chi connectivity index (χ0) is 18.4. The third-order valence-electron chi connectivity index (χ3n) is 3.70. The van der Waals surface area contributed by atoms with Crippen LogP contribution >= 0.6 is 0 Å². The second-order valence-electron chi connectivity index (χ2n) is 6.49. The first-order valence-electron chi connectivity index (χ1n) is 8.44. The Labute approximate surface area is 149 Å². The quantitative estimate of drug-likeness (QED) is 0.804. The van der Waals surface area contributed by atoms with Crippen LogP contribution in [0.5, 0.6) is 5.75 Å². The number of carbonyl (C=O) groups excluding carboxylic acids is 1. The molecule has 1 aromatic heterocycles. The van der Waals surface area contributed by atoms with Gasteiger partial charge in [-0.1, -0.05) is 19.9 Å². The fourth-order valence-corrected chi connectivity index (χ4v) is 2.35. The van der Waals surface area contributed by atoms with Crippen molar-refractivity contribution in [1.82, 2.24) is 15.3 Å². The molecule has 0 saturated carbocycles. The van der Waals surface area contributed by atoms with E-state index in [0.29, 0.717) is 29.9 Å². The second-order valence-corrected chi connectivity index (χ2v) is 6.49. The average Bonchev–Trinajstić information content (AvgIpc) is 2.54. The van der Waals surface area contributed by atoms with Crippen molar-refractivity contribution in [3.8, 4) is 5.75 Å². The Balaban J connectivity index is 2.19. The lowest BCUT2D eigenvalue weighted by atomic mass is 10.1. The lowest BCUT2D eigenvalue weighted by Gasteiger charge is -2.12. The van der Waals surface area contributed by atoms with Crippen molar-refractivity contribution in [1.29, 1.82) is 0 Å². The molecule has 0 aliphatic heterocycles. The van der Waals surface area contributed by atoms with Crippen molar-refractivity contribution < 1.29 is 9.53 Å². The summed E-state index contributed by atoms with van der Waals surface area (Å²) in [5.41, 5.74) is 2.92. The summed E-state index contributed by atoms with van der Waals surface area (Å²) < 4.78 is 5.36. The van der Waals surface area contributed by atoms with Gasteiger partial charge in [-0.2, -0.15) is 0 Å². The first-order chi connectivity index (χ1) is 11.9. The van der Waals surface area contributed by atoms with E-state index in [1.165, 1.54) is 0 Å². The normalized spacial score (nSPS) is 10.6. The minimum absolute atomic E-state index is 0.189. The van der Waals surface area contributed by atoms with Gasteiger partial charge in [-0.25, -0.2) is 9.97 Å². The fraction of sp³-hybridized carbons (Fsp3) is 0.421. The molecule has 2 rings (SSSR count). The Morgan fingerprint density at radius 2 is 1.96 bits per heavy atom. The van der Waals surface area contributed by atoms with Crippen LogP contribution in [0.15, 0.2) is 24.3 Å². The van der Waals surface area contributed by atoms with Crippen molar-refractivity contribution in [3.05, 3.63) is 41.2 Å². The standard InChI is InChI=1S/C19H26N4O2/c1-12(2)8-9-20-18(24)16-11-14(4)21-19(23-16)22-15-10-13(3)6-7-17(15)25-5/h6-7,10-12H,8-9H2,1-5H3,(H,20,24)(H,21,22,23). The molecule has 134 valence electrons. The molecule has 2 aromatic rings. The molecule has 1 amide bonds. The third kappa shape index (κ3) is 5.45. The highest BCUT2D eigenvalue weighted by Gasteiger charge is 2.12. The molecule has 0 spiro atoms. The Kier molecular flexibility index (Phi) is 6.33. The number of nitrogens with zero attached hydrogens (tertiary/aromatic N) is 2. The highest BCUT2D eigenvalue weighted by molar-refractivity contribution is 5.92. The molecule has 0 atom stereocenters. The monoisotopic (exact) mass is 342 g/mol. The number of ether oxygens (including phenoxy) is 1. The Morgan fingerprint density at radius 1 is 1.20 bits per heavy atom. The second kappa shape index (κ2) is 8.46. The fourth-order valence-electron chi connectivity index (χ4n) is 2.35. The summed E-state index contributed by atoms with van der Waals surface area (Å²) in [7, 11) is 1.61. The Morgan fingerprint density at radius 3 is 2.64 bits per heavy atom. The maximum Gasteiger partial charge on any atom is 0.270 e. The van der Waals surface area contributed by atoms with Crippen molar-refractivity contribution in [2.24, 2.45) is 5.92 Å². The molecule has 1 aromatic carbocycles. The highest BCUT2D eigenvalue weighted by atomic mass is 16.5. The number of anilines is 2. The molecule has 0 radical (unpaired) electrons. The topological polar surface area (TPSA) is 76.1 Å². The van der Waals surface area contributed by atoms with E-state index in [9.17, 15) is 4.79 Å². The highest BCUT2D eigenvalue weighted by Crippen LogP contribution is 2.27. The van der Waals surface area contributed by atoms with E-state index in [4.69, 9.17) is 4.74 Å². The molecule has 0 saturated heterocycles. The van der Waals surface area contributed by atoms with E-state index >= 15 is 0 Å². The van der Waals surface area contributed by atoms with Crippen molar-refractivity contribution in [3.63, 3.8) is 0 Å². The van der Waals surface area contributed by atoms with E-state index in [0.717, 1.165) is 23.4 Å². The summed E-state index contributed by atoms with van der Waals surface area (Å²) in [5.74, 6) is 1.42. The van der Waals surface area contributed by atoms with E-state index in [1.807, 2.05) is 32.0 Å². The maximum atomic E-state index is 12.3. The van der Waals surface area contributed by atoms with Crippen LogP contribution in [0.25, 0.3) is 0 Å². The van der Waals surface area contributed by atoms with Crippen LogP contribution in [-0.2, 0) is 0 Å². The van der Waals surface area contributed by atoms with Crippen molar-refractivity contribution in [2.75, 3.05) is 19.0 Å². The van der Waals surface area contributed by atoms with Crippen molar-refractivity contribution in [2.45, 2.75) is 34.1 Å². The maximum absolute atomic E-state index is 12.3. The predicted molar refractivity (Wildman–Crippen MR) is 99.6 cm³/mol. The average molecular weight is 342 g/mol. The third-order valence-corrected chi connectivity index (χ3v) is 3.70. The SMILES string of the molecule is COc1ccc(C)cc1Nc1nc(C)cc(C(=O)NCCC(C)C)n1. The van der Waals surface area contributed by atoms with Crippen molar-refractivity contribution >= 4 is 17.5 Å². The van der Waals surface area contributed by atoms with Crippen LogP contribution in [-0.4, -0.2) is 29.5 Å². The molecule has 0 bridgehead atoms. The van der Waals surface area contributed by atoms with Crippen LogP contribution in [0.3, 0.4) is 0 Å². The molecule has 1 heterocycles. The number of amides is 1. The van der Waals surface area contributed by atoms with Crippen LogP contribution in [0.4, 0.5) is 11.6 Å². The van der Waals surface area contributed by atoms with Gasteiger partial charge in [-0.3, -0.25) is 4.79 Å². The van der Waals surface area contributed by atoms with Crippen LogP contribution < -0.4 is 15.4 Å². The summed E-state index contributed by atoms with van der Waals surface area (Å²) in [5, 5.41) is 6.05. The molecule has 6 nitrogen and oxygen atoms in total. The number of hydrogen-bond acceptors (Lipinski definition) is 5. The van der Waals surface area contributed by atoms with Gasteiger partial charge in [0.1, 0.15) is 11.4 Å². The number of rotatable bonds is 7. The van der Waals surface area contributed by atoms with Gasteiger partial charge >= 0.3 is 0 Å². The minimum atomic E-state index is -0.189. The molecule has 0 aliphatic rings. The molecule has 0 fully saturated rings. The number of hydrogen-bond donors (Lipinski definition) is 2. The number of aromatic nitrogens is 2. The molecular formula is C19H26N4O2. The van der Waals surface area contributed by atoms with E-state index in [-0.39, 0.29) is 5.91 Å². The van der Waals surface area contributed by atoms with Gasteiger partial charge in [0.25, 0.3) is 5.91 Å². The molecule has 25 heavy (non-hydrogen) atoms. The largest absolute Gasteiger partial charge is 0.495 e. The number of aryl methyl sites for hydroxylation is 2. The van der Waals surface area contributed by atoms with E-state index in [2.05, 4.69) is 34.4 Å². The summed E-state index contributed by atoms with van der Waals surface area (Å²) in [6, 6.07) is 7.48. The van der Waals surface area contributed by atoms with Gasteiger partial charge in [-0.15, -0.1) is 0 Å².